The van der Waals surface area contributed by atoms with E-state index < -0.39 is 24.3 Å². The second kappa shape index (κ2) is 7.16. The molecule has 1 saturated heterocycles. The number of hydrogen-bond donors (Lipinski definition) is 5. The molecular formula is C19H16ClN3O5. The fourth-order valence-electron chi connectivity index (χ4n) is 2.91. The molecule has 5 N–H and O–H groups in total. The number of nitrogens with one attached hydrogen (secondary N) is 2. The van der Waals surface area contributed by atoms with Crippen molar-refractivity contribution >= 4 is 17.5 Å². The molecule has 1 fully saturated rings. The number of phenols is 1. The third-order valence-corrected chi connectivity index (χ3v) is 4.71. The summed E-state index contributed by atoms with van der Waals surface area (Å²) in [5, 5.41) is 39.2. The highest BCUT2D eigenvalue weighted by molar-refractivity contribution is 6.30. The van der Waals surface area contributed by atoms with Gasteiger partial charge in [-0.05, 0) is 42.0 Å². The Hall–Kier alpha value is -3.07. The van der Waals surface area contributed by atoms with E-state index in [1.165, 1.54) is 12.1 Å². The number of phenolic OH excluding ortho intramolecular Hbond substituents is 1. The van der Waals surface area contributed by atoms with Crippen molar-refractivity contribution in [2.75, 3.05) is 0 Å². The van der Waals surface area contributed by atoms with Crippen LogP contribution in [0.25, 0.3) is 11.3 Å². The van der Waals surface area contributed by atoms with Crippen LogP contribution in [-0.2, 0) is 4.74 Å². The van der Waals surface area contributed by atoms with Gasteiger partial charge < -0.3 is 25.4 Å². The molecule has 0 bridgehead atoms. The van der Waals surface area contributed by atoms with Crippen LogP contribution < -0.4 is 5.32 Å². The van der Waals surface area contributed by atoms with Crippen molar-refractivity contribution in [3.8, 4) is 22.8 Å². The molecule has 0 saturated carbocycles. The van der Waals surface area contributed by atoms with Gasteiger partial charge in [-0.3, -0.25) is 9.89 Å². The number of aromatic nitrogens is 2. The minimum atomic E-state index is -0.983. The molecule has 144 valence electrons. The van der Waals surface area contributed by atoms with Gasteiger partial charge >= 0.3 is 0 Å². The lowest BCUT2D eigenvalue weighted by Gasteiger charge is -2.16. The zero-order chi connectivity index (χ0) is 19.8. The molecule has 28 heavy (non-hydrogen) atoms. The van der Waals surface area contributed by atoms with Gasteiger partial charge in [-0.15, -0.1) is 0 Å². The zero-order valence-electron chi connectivity index (χ0n) is 14.3. The summed E-state index contributed by atoms with van der Waals surface area (Å²) in [5.74, 6) is -0.862. The maximum atomic E-state index is 12.7. The first-order valence-electron chi connectivity index (χ1n) is 8.40. The third kappa shape index (κ3) is 3.53. The zero-order valence-corrected chi connectivity index (χ0v) is 15.1. The highest BCUT2D eigenvalue weighted by atomic mass is 35.5. The van der Waals surface area contributed by atoms with Crippen molar-refractivity contribution < 1.29 is 24.9 Å². The third-order valence-electron chi connectivity index (χ3n) is 4.45. The van der Waals surface area contributed by atoms with Crippen LogP contribution in [0.1, 0.15) is 22.1 Å². The van der Waals surface area contributed by atoms with Crippen molar-refractivity contribution in [2.45, 2.75) is 18.4 Å². The maximum absolute atomic E-state index is 12.7. The smallest absolute Gasteiger partial charge is 0.273 e. The molecule has 1 aromatic heterocycles. The summed E-state index contributed by atoms with van der Waals surface area (Å²) < 4.78 is 5.11. The van der Waals surface area contributed by atoms with Gasteiger partial charge in [0.05, 0.1) is 6.04 Å². The van der Waals surface area contributed by atoms with E-state index in [2.05, 4.69) is 15.5 Å². The molecule has 1 aliphatic rings. The number of carbonyl (C=O) groups excluding carboxylic acids is 1. The maximum Gasteiger partial charge on any atom is 0.273 e. The Kier molecular flexibility index (Phi) is 4.68. The number of ether oxygens (including phenoxy) is 1. The number of halogens is 1. The summed E-state index contributed by atoms with van der Waals surface area (Å²) in [5.41, 5.74) is 1.27. The Morgan fingerprint density at radius 2 is 1.79 bits per heavy atom. The summed E-state index contributed by atoms with van der Waals surface area (Å²) in [6.07, 6.45) is -1.59. The number of aliphatic hydroxyl groups excluding tert-OH is 1. The highest BCUT2D eigenvalue weighted by Crippen LogP contribution is 2.35. The Labute approximate surface area is 164 Å². The van der Waals surface area contributed by atoms with Gasteiger partial charge in [0.15, 0.2) is 17.7 Å². The quantitative estimate of drug-likeness (QED) is 0.417. The number of aromatic amines is 1. The fourth-order valence-corrected chi connectivity index (χ4v) is 3.04. The highest BCUT2D eigenvalue weighted by Gasteiger charge is 2.45. The van der Waals surface area contributed by atoms with E-state index in [1.807, 2.05) is 0 Å². The number of amides is 1. The number of aliphatic hydroxyl groups is 1. The van der Waals surface area contributed by atoms with Gasteiger partial charge in [-0.25, -0.2) is 0 Å². The summed E-state index contributed by atoms with van der Waals surface area (Å²) in [4.78, 5) is 12.7. The molecular weight excluding hydrogens is 386 g/mol. The van der Waals surface area contributed by atoms with Crippen LogP contribution in [0, 0.1) is 0 Å². The van der Waals surface area contributed by atoms with Crippen LogP contribution in [0.4, 0.5) is 0 Å². The van der Waals surface area contributed by atoms with Gasteiger partial charge in [0, 0.05) is 10.6 Å². The van der Waals surface area contributed by atoms with Crippen molar-refractivity contribution in [3.05, 3.63) is 64.8 Å². The first-order chi connectivity index (χ1) is 13.4. The van der Waals surface area contributed by atoms with Crippen LogP contribution in [0.5, 0.6) is 11.5 Å². The molecule has 3 aromatic rings. The summed E-state index contributed by atoms with van der Waals surface area (Å²) in [6.45, 7) is 0. The molecule has 2 heterocycles. The molecule has 0 radical (unpaired) electrons. The van der Waals surface area contributed by atoms with E-state index in [9.17, 15) is 20.1 Å². The van der Waals surface area contributed by atoms with Gasteiger partial charge in [0.25, 0.3) is 5.91 Å². The van der Waals surface area contributed by atoms with Gasteiger partial charge in [0.1, 0.15) is 17.5 Å². The lowest BCUT2D eigenvalue weighted by molar-refractivity contribution is 0.0921. The number of hydrogen-bond acceptors (Lipinski definition) is 6. The molecule has 1 aliphatic heterocycles. The number of aromatic hydroxyl groups is 2. The van der Waals surface area contributed by atoms with Gasteiger partial charge in [0.2, 0.25) is 0 Å². The lowest BCUT2D eigenvalue weighted by Crippen LogP contribution is -2.33. The number of epoxide rings is 1. The lowest BCUT2D eigenvalue weighted by atomic mass is 10.0. The molecule has 9 heteroatoms. The molecule has 3 atom stereocenters. The molecule has 4 rings (SSSR count). The number of carbonyl (C=O) groups is 1. The van der Waals surface area contributed by atoms with Crippen LogP contribution in [0.15, 0.2) is 48.5 Å². The van der Waals surface area contributed by atoms with Crippen LogP contribution >= 0.6 is 11.6 Å². The number of benzene rings is 2. The minimum Gasteiger partial charge on any atom is -0.508 e. The number of nitrogens with zero attached hydrogens (tertiary/aromatic N) is 1. The van der Waals surface area contributed by atoms with Crippen LogP contribution in [0.2, 0.25) is 5.02 Å². The number of H-pyrrole nitrogens is 1. The predicted octanol–water partition coefficient (Wildman–Crippen LogP) is 2.33. The van der Waals surface area contributed by atoms with E-state index in [4.69, 9.17) is 16.3 Å². The van der Waals surface area contributed by atoms with E-state index in [0.29, 0.717) is 16.1 Å². The van der Waals surface area contributed by atoms with Gasteiger partial charge in [-0.2, -0.15) is 5.10 Å². The first kappa shape index (κ1) is 18.3. The van der Waals surface area contributed by atoms with Crippen LogP contribution in [-0.4, -0.2) is 43.8 Å². The minimum absolute atomic E-state index is 0.0746. The average Bonchev–Trinajstić information content (AvgIpc) is 3.28. The molecule has 0 spiro atoms. The Balaban J connectivity index is 1.58. The van der Waals surface area contributed by atoms with E-state index in [1.54, 1.807) is 36.4 Å². The normalized spacial score (nSPS) is 19.2. The molecule has 2 unspecified atom stereocenters. The summed E-state index contributed by atoms with van der Waals surface area (Å²) >= 11 is 5.90. The Morgan fingerprint density at radius 3 is 2.39 bits per heavy atom. The summed E-state index contributed by atoms with van der Waals surface area (Å²) in [6, 6.07) is 12.2. The van der Waals surface area contributed by atoms with E-state index >= 15 is 0 Å². The second-order valence-electron chi connectivity index (χ2n) is 6.34. The van der Waals surface area contributed by atoms with Crippen LogP contribution in [0.3, 0.4) is 0 Å². The number of rotatable bonds is 5. The molecule has 0 aliphatic carbocycles. The van der Waals surface area contributed by atoms with Crippen molar-refractivity contribution in [1.82, 2.24) is 15.5 Å². The standard InChI is InChI=1S/C19H16ClN3O5/c20-11-5-1-10(2-6-11)14(17-19(27)28-17)21-18(26)15-16(25)13(22-23-15)9-3-7-12(24)8-4-9/h1-8,14,17,19,24-25,27H,(H,21,26)(H,22,23)/t14-,17?,19?/m0/s1. The monoisotopic (exact) mass is 401 g/mol. The predicted molar refractivity (Wildman–Crippen MR) is 99.9 cm³/mol. The fraction of sp³-hybridized carbons (Fsp3) is 0.158. The summed E-state index contributed by atoms with van der Waals surface area (Å²) in [7, 11) is 0. The SMILES string of the molecule is O=C(N[C@@H](c1ccc(Cl)cc1)C1OC1O)c1[nH]nc(-c2ccc(O)cc2)c1O. The van der Waals surface area contributed by atoms with Crippen molar-refractivity contribution in [1.29, 1.82) is 0 Å². The van der Waals surface area contributed by atoms with E-state index in [0.717, 1.165) is 0 Å². The van der Waals surface area contributed by atoms with Crippen molar-refractivity contribution in [2.24, 2.45) is 0 Å². The van der Waals surface area contributed by atoms with Crippen molar-refractivity contribution in [3.63, 3.8) is 0 Å². The van der Waals surface area contributed by atoms with Gasteiger partial charge in [-0.1, -0.05) is 23.7 Å². The average molecular weight is 402 g/mol. The molecule has 2 aromatic carbocycles. The first-order valence-corrected chi connectivity index (χ1v) is 8.78. The van der Waals surface area contributed by atoms with E-state index in [-0.39, 0.29) is 22.9 Å². The largest absolute Gasteiger partial charge is 0.508 e. The molecule has 1 amide bonds. The molecule has 8 nitrogen and oxygen atoms in total. The Bertz CT molecular complexity index is 1000. The Morgan fingerprint density at radius 1 is 1.14 bits per heavy atom. The second-order valence-corrected chi connectivity index (χ2v) is 6.77. The topological polar surface area (TPSA) is 131 Å².